The Kier molecular flexibility index (Phi) is 3.62. The van der Waals surface area contributed by atoms with Gasteiger partial charge in [-0.25, -0.2) is 0 Å². The standard InChI is InChI=1S/C20H24N2O2/c1-2-19(23)11-10-18(22-16-6-3-7-16)20(19,24)15-9-8-14-5-4-12-21-17(14)13-15/h4-5,8-10,12-13,16,22-24H,2-3,6-7,11H2,1H3. The zero-order chi connectivity index (χ0) is 16.8. The van der Waals surface area contributed by atoms with Gasteiger partial charge in [0.1, 0.15) is 5.60 Å². The molecule has 24 heavy (non-hydrogen) atoms. The zero-order valence-corrected chi connectivity index (χ0v) is 14.0. The molecule has 2 unspecified atom stereocenters. The van der Waals surface area contributed by atoms with Gasteiger partial charge in [0.2, 0.25) is 0 Å². The molecule has 1 aromatic carbocycles. The normalized spacial score (nSPS) is 30.2. The lowest BCUT2D eigenvalue weighted by molar-refractivity contribution is -0.128. The summed E-state index contributed by atoms with van der Waals surface area (Å²) in [5, 5.41) is 27.3. The third kappa shape index (κ3) is 2.17. The summed E-state index contributed by atoms with van der Waals surface area (Å²) in [7, 11) is 0. The van der Waals surface area contributed by atoms with Gasteiger partial charge in [-0.05, 0) is 49.8 Å². The summed E-state index contributed by atoms with van der Waals surface area (Å²) < 4.78 is 0. The molecule has 0 saturated heterocycles. The average molecular weight is 324 g/mol. The minimum absolute atomic E-state index is 0.403. The first-order chi connectivity index (χ1) is 11.6. The van der Waals surface area contributed by atoms with Crippen LogP contribution in [0.1, 0.15) is 44.6 Å². The number of pyridine rings is 1. The maximum Gasteiger partial charge on any atom is 0.157 e. The van der Waals surface area contributed by atoms with Gasteiger partial charge in [-0.15, -0.1) is 0 Å². The van der Waals surface area contributed by atoms with Gasteiger partial charge in [0.15, 0.2) is 5.60 Å². The highest BCUT2D eigenvalue weighted by Crippen LogP contribution is 2.48. The van der Waals surface area contributed by atoms with E-state index in [0.717, 1.165) is 29.4 Å². The molecule has 2 atom stereocenters. The summed E-state index contributed by atoms with van der Waals surface area (Å²) in [5.41, 5.74) is -0.331. The van der Waals surface area contributed by atoms with E-state index in [4.69, 9.17) is 0 Å². The van der Waals surface area contributed by atoms with Crippen LogP contribution in [0.2, 0.25) is 0 Å². The number of fused-ring (bicyclic) bond motifs is 1. The van der Waals surface area contributed by atoms with E-state index < -0.39 is 11.2 Å². The lowest BCUT2D eigenvalue weighted by atomic mass is 9.76. The highest BCUT2D eigenvalue weighted by atomic mass is 16.4. The molecule has 0 spiro atoms. The summed E-state index contributed by atoms with van der Waals surface area (Å²) >= 11 is 0. The summed E-state index contributed by atoms with van der Waals surface area (Å²) in [4.78, 5) is 4.40. The molecule has 0 aliphatic heterocycles. The molecule has 1 fully saturated rings. The number of hydrogen-bond acceptors (Lipinski definition) is 4. The maximum absolute atomic E-state index is 11.7. The third-order valence-corrected chi connectivity index (χ3v) is 5.78. The Morgan fingerprint density at radius 2 is 2.08 bits per heavy atom. The molecule has 3 N–H and O–H groups in total. The second-order valence-electron chi connectivity index (χ2n) is 7.10. The quantitative estimate of drug-likeness (QED) is 0.809. The highest BCUT2D eigenvalue weighted by Gasteiger charge is 2.55. The largest absolute Gasteiger partial charge is 0.386 e. The van der Waals surface area contributed by atoms with E-state index in [0.29, 0.717) is 24.4 Å². The Morgan fingerprint density at radius 3 is 2.79 bits per heavy atom. The first-order valence-electron chi connectivity index (χ1n) is 8.84. The second-order valence-corrected chi connectivity index (χ2v) is 7.10. The van der Waals surface area contributed by atoms with E-state index in [-0.39, 0.29) is 0 Å². The molecule has 1 aromatic heterocycles. The van der Waals surface area contributed by atoms with Crippen molar-refractivity contribution in [3.8, 4) is 0 Å². The van der Waals surface area contributed by atoms with Crippen molar-refractivity contribution in [3.63, 3.8) is 0 Å². The summed E-state index contributed by atoms with van der Waals surface area (Å²) in [5.74, 6) is 0. The smallest absolute Gasteiger partial charge is 0.157 e. The molecule has 126 valence electrons. The first kappa shape index (κ1) is 15.6. The Morgan fingerprint density at radius 1 is 1.25 bits per heavy atom. The lowest BCUT2D eigenvalue weighted by Gasteiger charge is -2.42. The molecule has 2 aliphatic carbocycles. The monoisotopic (exact) mass is 324 g/mol. The number of nitrogens with zero attached hydrogens (tertiary/aromatic N) is 1. The van der Waals surface area contributed by atoms with Crippen LogP contribution in [0.5, 0.6) is 0 Å². The molecule has 4 heteroatoms. The molecule has 1 saturated carbocycles. The van der Waals surface area contributed by atoms with Crippen molar-refractivity contribution in [2.45, 2.75) is 56.3 Å². The van der Waals surface area contributed by atoms with Crippen LogP contribution in [0.3, 0.4) is 0 Å². The number of aromatic nitrogens is 1. The fraction of sp³-hybridized carbons (Fsp3) is 0.450. The van der Waals surface area contributed by atoms with Crippen molar-refractivity contribution in [2.75, 3.05) is 0 Å². The number of aliphatic hydroxyl groups is 2. The third-order valence-electron chi connectivity index (χ3n) is 5.78. The molecule has 2 aliphatic rings. The number of hydrogen-bond donors (Lipinski definition) is 3. The van der Waals surface area contributed by atoms with Gasteiger partial charge in [-0.2, -0.15) is 0 Å². The van der Waals surface area contributed by atoms with Gasteiger partial charge in [0.25, 0.3) is 0 Å². The van der Waals surface area contributed by atoms with E-state index in [1.165, 1.54) is 6.42 Å². The van der Waals surface area contributed by atoms with Crippen molar-refractivity contribution in [2.24, 2.45) is 0 Å². The van der Waals surface area contributed by atoms with E-state index in [1.54, 1.807) is 6.20 Å². The van der Waals surface area contributed by atoms with E-state index in [2.05, 4.69) is 10.3 Å². The molecule has 4 rings (SSSR count). The Hall–Kier alpha value is -1.91. The van der Waals surface area contributed by atoms with E-state index in [9.17, 15) is 10.2 Å². The minimum atomic E-state index is -1.41. The van der Waals surface area contributed by atoms with Crippen LogP contribution in [0.25, 0.3) is 10.9 Å². The van der Waals surface area contributed by atoms with Gasteiger partial charge >= 0.3 is 0 Å². The molecule has 1 heterocycles. The van der Waals surface area contributed by atoms with Crippen LogP contribution >= 0.6 is 0 Å². The zero-order valence-electron chi connectivity index (χ0n) is 14.0. The fourth-order valence-corrected chi connectivity index (χ4v) is 3.87. The van der Waals surface area contributed by atoms with Gasteiger partial charge in [-0.3, -0.25) is 4.98 Å². The van der Waals surface area contributed by atoms with Gasteiger partial charge in [-0.1, -0.05) is 31.2 Å². The summed E-state index contributed by atoms with van der Waals surface area (Å²) in [6.45, 7) is 1.92. The number of benzene rings is 1. The molecular weight excluding hydrogens is 300 g/mol. The molecular formula is C20H24N2O2. The van der Waals surface area contributed by atoms with Crippen LogP contribution in [0.15, 0.2) is 48.3 Å². The van der Waals surface area contributed by atoms with Gasteiger partial charge in [0.05, 0.1) is 5.52 Å². The Bertz CT molecular complexity index is 799. The molecule has 0 bridgehead atoms. The number of nitrogens with one attached hydrogen (secondary N) is 1. The van der Waals surface area contributed by atoms with Crippen molar-refractivity contribution in [1.82, 2.24) is 10.3 Å². The number of rotatable bonds is 4. The fourth-order valence-electron chi connectivity index (χ4n) is 3.87. The predicted molar refractivity (Wildman–Crippen MR) is 94.4 cm³/mol. The van der Waals surface area contributed by atoms with Crippen LogP contribution in [-0.4, -0.2) is 26.8 Å². The van der Waals surface area contributed by atoms with E-state index >= 15 is 0 Å². The van der Waals surface area contributed by atoms with Crippen molar-refractivity contribution < 1.29 is 10.2 Å². The van der Waals surface area contributed by atoms with Crippen molar-refractivity contribution >= 4 is 10.9 Å². The van der Waals surface area contributed by atoms with Gasteiger partial charge < -0.3 is 15.5 Å². The average Bonchev–Trinajstić information content (AvgIpc) is 2.83. The molecule has 0 radical (unpaired) electrons. The van der Waals surface area contributed by atoms with E-state index in [1.807, 2.05) is 43.3 Å². The minimum Gasteiger partial charge on any atom is -0.386 e. The predicted octanol–water partition coefficient (Wildman–Crippen LogP) is 2.99. The van der Waals surface area contributed by atoms with Gasteiger partial charge in [0, 0.05) is 23.3 Å². The Labute approximate surface area is 142 Å². The van der Waals surface area contributed by atoms with Crippen LogP contribution in [-0.2, 0) is 5.60 Å². The lowest BCUT2D eigenvalue weighted by Crippen LogP contribution is -2.53. The highest BCUT2D eigenvalue weighted by molar-refractivity contribution is 5.79. The maximum atomic E-state index is 11.7. The van der Waals surface area contributed by atoms with Crippen LogP contribution in [0, 0.1) is 0 Å². The molecule has 0 amide bonds. The van der Waals surface area contributed by atoms with Crippen LogP contribution < -0.4 is 5.32 Å². The first-order valence-corrected chi connectivity index (χ1v) is 8.84. The second kappa shape index (κ2) is 5.57. The summed E-state index contributed by atoms with van der Waals surface area (Å²) in [6, 6.07) is 10.1. The Balaban J connectivity index is 1.79. The molecule has 4 nitrogen and oxygen atoms in total. The van der Waals surface area contributed by atoms with Crippen molar-refractivity contribution in [3.05, 3.63) is 53.9 Å². The van der Waals surface area contributed by atoms with Crippen LogP contribution in [0.4, 0.5) is 0 Å². The SMILES string of the molecule is CCC1(O)CC=C(NC2CCC2)C1(O)c1ccc2cccnc2c1. The summed E-state index contributed by atoms with van der Waals surface area (Å²) in [6.07, 6.45) is 8.12. The topological polar surface area (TPSA) is 65.4 Å². The van der Waals surface area contributed by atoms with Crippen molar-refractivity contribution in [1.29, 1.82) is 0 Å². The molecule has 2 aromatic rings.